The number of nitrogens with one attached hydrogen (secondary N) is 3. The lowest BCUT2D eigenvalue weighted by Gasteiger charge is -2.18. The van der Waals surface area contributed by atoms with Crippen LogP contribution in [0, 0.1) is 0 Å². The first-order chi connectivity index (χ1) is 12.5. The molecule has 1 aliphatic heterocycles. The zero-order valence-corrected chi connectivity index (χ0v) is 15.4. The van der Waals surface area contributed by atoms with Crippen molar-refractivity contribution in [1.29, 1.82) is 0 Å². The van der Waals surface area contributed by atoms with E-state index in [9.17, 15) is 19.2 Å². The predicted molar refractivity (Wildman–Crippen MR) is 97.9 cm³/mol. The molecule has 0 aromatic heterocycles. The molecule has 0 aliphatic carbocycles. The third-order valence-electron chi connectivity index (χ3n) is 3.87. The molecule has 2 atom stereocenters. The Balaban J connectivity index is 2.03. The van der Waals surface area contributed by atoms with Crippen LogP contribution in [0.1, 0.15) is 23.2 Å². The van der Waals surface area contributed by atoms with Crippen LogP contribution in [0.15, 0.2) is 24.3 Å². The molecule has 0 spiro atoms. The molecule has 0 saturated carbocycles. The van der Waals surface area contributed by atoms with E-state index in [0.717, 1.165) is 0 Å². The van der Waals surface area contributed by atoms with Crippen molar-refractivity contribution >= 4 is 41.1 Å². The Kier molecular flexibility index (Phi) is 7.02. The van der Waals surface area contributed by atoms with Crippen LogP contribution < -0.4 is 16.0 Å². The number of amides is 3. The summed E-state index contributed by atoms with van der Waals surface area (Å²) in [5.41, 5.74) is 0.724. The summed E-state index contributed by atoms with van der Waals surface area (Å²) in [5.74, 6) is -1.33. The lowest BCUT2D eigenvalue weighted by molar-refractivity contribution is -0.145. The minimum Gasteiger partial charge on any atom is -0.467 e. The molecule has 0 fully saturated rings. The minimum absolute atomic E-state index is 0.279. The largest absolute Gasteiger partial charge is 0.467 e. The van der Waals surface area contributed by atoms with Crippen molar-refractivity contribution < 1.29 is 23.9 Å². The first-order valence-corrected chi connectivity index (χ1v) is 9.42. The molecular weight excluding hydrogens is 358 g/mol. The average molecular weight is 379 g/mol. The molecule has 8 nitrogen and oxygen atoms in total. The van der Waals surface area contributed by atoms with Crippen LogP contribution in [0.5, 0.6) is 0 Å². The number of rotatable bonds is 7. The molecule has 26 heavy (non-hydrogen) atoms. The average Bonchev–Trinajstić information content (AvgIpc) is 2.74. The van der Waals surface area contributed by atoms with Gasteiger partial charge < -0.3 is 20.7 Å². The number of anilines is 1. The summed E-state index contributed by atoms with van der Waals surface area (Å²) in [7, 11) is 1.25. The first-order valence-electron chi connectivity index (χ1n) is 8.03. The standard InChI is InChI=1S/C17H21N3O5S/c1-25-17(24)12(7-8-26-2)18-14(21)9-13-16(23)19-11-6-4-3-5-10(11)15(22)20-13/h3-6,12-13H,7-9H2,1-2H3,(H,18,21)(H,19,23)(H,20,22)/t12-,13+/m1/s1. The molecule has 1 aromatic rings. The maximum Gasteiger partial charge on any atom is 0.328 e. The van der Waals surface area contributed by atoms with Crippen LogP contribution >= 0.6 is 11.8 Å². The molecule has 1 aromatic carbocycles. The molecule has 0 saturated heterocycles. The first kappa shape index (κ1) is 19.8. The van der Waals surface area contributed by atoms with E-state index in [1.807, 2.05) is 6.26 Å². The van der Waals surface area contributed by atoms with Crippen LogP contribution in [-0.4, -0.2) is 54.9 Å². The second-order valence-electron chi connectivity index (χ2n) is 5.69. The molecule has 140 valence electrons. The van der Waals surface area contributed by atoms with Crippen LogP contribution in [0.25, 0.3) is 0 Å². The SMILES string of the molecule is COC(=O)[C@@H](CCSC)NC(=O)C[C@@H]1NC(=O)c2ccccc2NC1=O. The van der Waals surface area contributed by atoms with Crippen LogP contribution in [0.2, 0.25) is 0 Å². The van der Waals surface area contributed by atoms with E-state index in [-0.39, 0.29) is 6.42 Å². The molecule has 1 aliphatic rings. The van der Waals surface area contributed by atoms with Crippen molar-refractivity contribution in [3.05, 3.63) is 29.8 Å². The fraction of sp³-hybridized carbons (Fsp3) is 0.412. The van der Waals surface area contributed by atoms with Crippen LogP contribution in [0.4, 0.5) is 5.69 Å². The number of thioether (sulfide) groups is 1. The zero-order valence-electron chi connectivity index (χ0n) is 14.5. The molecule has 1 heterocycles. The molecule has 0 bridgehead atoms. The summed E-state index contributed by atoms with van der Waals surface area (Å²) < 4.78 is 4.69. The molecule has 3 amide bonds. The number of carbonyl (C=O) groups excluding carboxylic acids is 4. The molecule has 9 heteroatoms. The van der Waals surface area contributed by atoms with Crippen LogP contribution in [-0.2, 0) is 19.1 Å². The number of methoxy groups -OCH3 is 1. The highest BCUT2D eigenvalue weighted by Gasteiger charge is 2.30. The molecule has 0 radical (unpaired) electrons. The van der Waals surface area contributed by atoms with Gasteiger partial charge in [0.15, 0.2) is 0 Å². The van der Waals surface area contributed by atoms with Gasteiger partial charge in [0.05, 0.1) is 24.8 Å². The van der Waals surface area contributed by atoms with Gasteiger partial charge in [0.2, 0.25) is 11.8 Å². The van der Waals surface area contributed by atoms with E-state index in [1.54, 1.807) is 24.3 Å². The van der Waals surface area contributed by atoms with Gasteiger partial charge in [-0.25, -0.2) is 4.79 Å². The van der Waals surface area contributed by atoms with E-state index in [1.165, 1.54) is 18.9 Å². The summed E-state index contributed by atoms with van der Waals surface area (Å²) >= 11 is 1.54. The monoisotopic (exact) mass is 379 g/mol. The third-order valence-corrected chi connectivity index (χ3v) is 4.52. The van der Waals surface area contributed by atoms with Crippen molar-refractivity contribution in [3.63, 3.8) is 0 Å². The van der Waals surface area contributed by atoms with Crippen molar-refractivity contribution in [2.24, 2.45) is 0 Å². The predicted octanol–water partition coefficient (Wildman–Crippen LogP) is 0.538. The maximum absolute atomic E-state index is 12.3. The van der Waals surface area contributed by atoms with Gasteiger partial charge in [-0.15, -0.1) is 0 Å². The second-order valence-corrected chi connectivity index (χ2v) is 6.68. The number of ether oxygens (including phenoxy) is 1. The Morgan fingerprint density at radius 3 is 2.73 bits per heavy atom. The summed E-state index contributed by atoms with van der Waals surface area (Å²) in [4.78, 5) is 48.6. The van der Waals surface area contributed by atoms with E-state index in [0.29, 0.717) is 23.4 Å². The lowest BCUT2D eigenvalue weighted by Crippen LogP contribution is -2.48. The van der Waals surface area contributed by atoms with Gasteiger partial charge in [0.1, 0.15) is 12.1 Å². The smallest absolute Gasteiger partial charge is 0.328 e. The van der Waals surface area contributed by atoms with Gasteiger partial charge in [-0.1, -0.05) is 12.1 Å². The number of hydrogen-bond donors (Lipinski definition) is 3. The fourth-order valence-electron chi connectivity index (χ4n) is 2.52. The lowest BCUT2D eigenvalue weighted by atomic mass is 10.1. The highest BCUT2D eigenvalue weighted by atomic mass is 32.2. The summed E-state index contributed by atoms with van der Waals surface area (Å²) in [6.45, 7) is 0. The van der Waals surface area contributed by atoms with Crippen molar-refractivity contribution in [1.82, 2.24) is 10.6 Å². The molecular formula is C17H21N3O5S. The molecule has 0 unspecified atom stereocenters. The number of fused-ring (bicyclic) bond motifs is 1. The maximum atomic E-state index is 12.3. The Morgan fingerprint density at radius 2 is 2.04 bits per heavy atom. The van der Waals surface area contributed by atoms with Gasteiger partial charge in [0.25, 0.3) is 5.91 Å². The van der Waals surface area contributed by atoms with Gasteiger partial charge in [-0.3, -0.25) is 14.4 Å². The highest BCUT2D eigenvalue weighted by molar-refractivity contribution is 7.98. The normalized spacial score (nSPS) is 17.2. The number of carbonyl (C=O) groups is 4. The van der Waals surface area contributed by atoms with E-state index < -0.39 is 35.8 Å². The Morgan fingerprint density at radius 1 is 1.31 bits per heavy atom. The van der Waals surface area contributed by atoms with E-state index in [2.05, 4.69) is 20.7 Å². The fourth-order valence-corrected chi connectivity index (χ4v) is 2.99. The summed E-state index contributed by atoms with van der Waals surface area (Å²) in [6.07, 6.45) is 2.02. The number of esters is 1. The highest BCUT2D eigenvalue weighted by Crippen LogP contribution is 2.18. The number of benzene rings is 1. The minimum atomic E-state index is -1.03. The van der Waals surface area contributed by atoms with Gasteiger partial charge in [-0.2, -0.15) is 11.8 Å². The van der Waals surface area contributed by atoms with Crippen molar-refractivity contribution in [2.45, 2.75) is 24.9 Å². The Hall–Kier alpha value is -2.55. The Labute approximate surface area is 155 Å². The van der Waals surface area contributed by atoms with Crippen molar-refractivity contribution in [2.75, 3.05) is 24.4 Å². The second kappa shape index (κ2) is 9.23. The number of hydrogen-bond acceptors (Lipinski definition) is 6. The van der Waals surface area contributed by atoms with E-state index in [4.69, 9.17) is 0 Å². The quantitative estimate of drug-likeness (QED) is 0.596. The van der Waals surface area contributed by atoms with Crippen LogP contribution in [0.3, 0.4) is 0 Å². The Bertz CT molecular complexity index is 709. The zero-order chi connectivity index (χ0) is 19.1. The topological polar surface area (TPSA) is 114 Å². The van der Waals surface area contributed by atoms with Crippen molar-refractivity contribution in [3.8, 4) is 0 Å². The van der Waals surface area contributed by atoms with Gasteiger partial charge >= 0.3 is 5.97 Å². The van der Waals surface area contributed by atoms with E-state index >= 15 is 0 Å². The van der Waals surface area contributed by atoms with Gasteiger partial charge in [0, 0.05) is 0 Å². The summed E-state index contributed by atoms with van der Waals surface area (Å²) in [6, 6.07) is 4.76. The summed E-state index contributed by atoms with van der Waals surface area (Å²) in [5, 5.41) is 7.74. The number of para-hydroxylation sites is 1. The third kappa shape index (κ3) is 4.98. The van der Waals surface area contributed by atoms with Gasteiger partial charge in [-0.05, 0) is 30.6 Å². The molecule has 3 N–H and O–H groups in total. The molecule has 2 rings (SSSR count).